The van der Waals surface area contributed by atoms with E-state index in [0.29, 0.717) is 5.92 Å². The summed E-state index contributed by atoms with van der Waals surface area (Å²) in [6, 6.07) is 6.98. The van der Waals surface area contributed by atoms with Crippen molar-refractivity contribution in [2.75, 3.05) is 33.7 Å². The molecule has 4 rings (SSSR count). The van der Waals surface area contributed by atoms with Crippen LogP contribution in [-0.2, 0) is 6.42 Å². The van der Waals surface area contributed by atoms with Gasteiger partial charge in [0.2, 0.25) is 0 Å². The summed E-state index contributed by atoms with van der Waals surface area (Å²) >= 11 is 1.85. The highest BCUT2D eigenvalue weighted by atomic mass is 32.1. The van der Waals surface area contributed by atoms with E-state index in [1.54, 1.807) is 0 Å². The predicted octanol–water partition coefficient (Wildman–Crippen LogP) is 3.79. The zero-order valence-electron chi connectivity index (χ0n) is 14.1. The van der Waals surface area contributed by atoms with Gasteiger partial charge in [-0.1, -0.05) is 0 Å². The normalized spacial score (nSPS) is 21.1. The van der Waals surface area contributed by atoms with Gasteiger partial charge in [-0.3, -0.25) is 4.48 Å². The molecule has 3 nitrogen and oxygen atoms in total. The molecule has 0 bridgehead atoms. The fourth-order valence-corrected chi connectivity index (χ4v) is 5.00. The number of nitrogens with one attached hydrogen (secondary N) is 1. The van der Waals surface area contributed by atoms with E-state index in [2.05, 4.69) is 43.0 Å². The Morgan fingerprint density at radius 3 is 2.87 bits per heavy atom. The van der Waals surface area contributed by atoms with E-state index in [9.17, 15) is 0 Å². The summed E-state index contributed by atoms with van der Waals surface area (Å²) in [5, 5.41) is 7.02. The average molecular weight is 329 g/mol. The second-order valence-corrected chi connectivity index (χ2v) is 8.34. The van der Waals surface area contributed by atoms with Gasteiger partial charge in [-0.05, 0) is 44.5 Å². The van der Waals surface area contributed by atoms with Gasteiger partial charge in [-0.2, -0.15) is 0 Å². The van der Waals surface area contributed by atoms with Gasteiger partial charge in [0.15, 0.2) is 0 Å². The number of benzene rings is 1. The molecule has 0 atom stereocenters. The Morgan fingerprint density at radius 1 is 1.22 bits per heavy atom. The minimum atomic E-state index is 0.656. The summed E-state index contributed by atoms with van der Waals surface area (Å²) in [6.45, 7) is 3.50. The van der Waals surface area contributed by atoms with E-state index in [4.69, 9.17) is 4.98 Å². The lowest BCUT2D eigenvalue weighted by atomic mass is 9.97. The van der Waals surface area contributed by atoms with Crippen LogP contribution in [0.25, 0.3) is 11.3 Å². The summed E-state index contributed by atoms with van der Waals surface area (Å²) in [5.74, 6) is 0.656. The van der Waals surface area contributed by atoms with Crippen LogP contribution in [0, 0.1) is 0 Å². The van der Waals surface area contributed by atoms with E-state index in [0.717, 1.165) is 17.6 Å². The largest absolute Gasteiger partial charge is 0.317 e. The molecule has 2 aromatic rings. The number of quaternary nitrogens is 1. The maximum absolute atomic E-state index is 4.98. The van der Waals surface area contributed by atoms with Crippen LogP contribution in [0.2, 0.25) is 0 Å². The molecule has 1 saturated heterocycles. The number of rotatable bonds is 2. The summed E-state index contributed by atoms with van der Waals surface area (Å²) in [7, 11) is 4.63. The number of aromatic nitrogens is 1. The van der Waals surface area contributed by atoms with Crippen molar-refractivity contribution < 1.29 is 0 Å². The topological polar surface area (TPSA) is 24.9 Å². The monoisotopic (exact) mass is 328 g/mol. The van der Waals surface area contributed by atoms with Crippen LogP contribution in [-0.4, -0.2) is 38.7 Å². The third-order valence-electron chi connectivity index (χ3n) is 5.40. The van der Waals surface area contributed by atoms with Crippen LogP contribution >= 0.6 is 11.3 Å². The van der Waals surface area contributed by atoms with Crippen molar-refractivity contribution in [2.45, 2.75) is 31.6 Å². The molecule has 0 saturated carbocycles. The molecule has 23 heavy (non-hydrogen) atoms. The fourth-order valence-electron chi connectivity index (χ4n) is 4.00. The quantitative estimate of drug-likeness (QED) is 0.849. The number of piperidine rings is 1. The Hall–Kier alpha value is -1.23. The van der Waals surface area contributed by atoms with Gasteiger partial charge in [0, 0.05) is 34.9 Å². The molecule has 2 aliphatic rings. The summed E-state index contributed by atoms with van der Waals surface area (Å²) in [5.41, 5.74) is 5.45. The molecule has 2 aliphatic heterocycles. The Labute approximate surface area is 143 Å². The average Bonchev–Trinajstić information content (AvgIpc) is 3.05. The summed E-state index contributed by atoms with van der Waals surface area (Å²) in [4.78, 5) is 4.98. The lowest BCUT2D eigenvalue weighted by Gasteiger charge is -2.35. The van der Waals surface area contributed by atoms with Crippen LogP contribution in [0.1, 0.15) is 35.8 Å². The predicted molar refractivity (Wildman–Crippen MR) is 99.2 cm³/mol. The van der Waals surface area contributed by atoms with E-state index in [1.807, 2.05) is 11.3 Å². The molecule has 3 heterocycles. The molecular formula is C19H26N3S+. The lowest BCUT2D eigenvalue weighted by molar-refractivity contribution is 0.370. The number of thiazole rings is 1. The van der Waals surface area contributed by atoms with Crippen molar-refractivity contribution in [2.24, 2.45) is 0 Å². The number of hydrogen-bond donors (Lipinski definition) is 1. The number of fused-ring (bicyclic) bond motifs is 1. The van der Waals surface area contributed by atoms with E-state index in [1.165, 1.54) is 59.7 Å². The number of nitrogens with zero attached hydrogens (tertiary/aromatic N) is 2. The molecule has 0 spiro atoms. The smallest absolute Gasteiger partial charge is 0.135 e. The van der Waals surface area contributed by atoms with E-state index >= 15 is 0 Å². The van der Waals surface area contributed by atoms with Crippen LogP contribution in [0.5, 0.6) is 0 Å². The first-order chi connectivity index (χ1) is 11.1. The molecule has 1 aromatic carbocycles. The van der Waals surface area contributed by atoms with Gasteiger partial charge >= 0.3 is 0 Å². The molecular weight excluding hydrogens is 302 g/mol. The van der Waals surface area contributed by atoms with Gasteiger partial charge in [0.05, 0.1) is 31.3 Å². The molecule has 122 valence electrons. The molecule has 1 fully saturated rings. The highest BCUT2D eigenvalue weighted by Crippen LogP contribution is 2.36. The summed E-state index contributed by atoms with van der Waals surface area (Å²) in [6.07, 6.45) is 4.93. The molecule has 0 aliphatic carbocycles. The van der Waals surface area contributed by atoms with Gasteiger partial charge in [-0.15, -0.1) is 11.3 Å². The van der Waals surface area contributed by atoms with Crippen molar-refractivity contribution in [1.29, 1.82) is 0 Å². The number of aryl methyl sites for hydroxylation is 1. The van der Waals surface area contributed by atoms with Gasteiger partial charge < -0.3 is 5.32 Å². The van der Waals surface area contributed by atoms with E-state index in [-0.39, 0.29) is 0 Å². The third kappa shape index (κ3) is 2.95. The van der Waals surface area contributed by atoms with Crippen LogP contribution in [0.3, 0.4) is 0 Å². The van der Waals surface area contributed by atoms with Crippen molar-refractivity contribution >= 4 is 17.0 Å². The van der Waals surface area contributed by atoms with Crippen molar-refractivity contribution in [1.82, 2.24) is 14.8 Å². The molecule has 0 amide bonds. The molecule has 1 N–H and O–H groups in total. The zero-order chi connectivity index (χ0) is 15.9. The highest BCUT2D eigenvalue weighted by Gasteiger charge is 2.27. The molecule has 1 aromatic heterocycles. The molecule has 0 radical (unpaired) electrons. The SMILES string of the molecule is C[N+]1(C)CCCc2cc(-c3csc(C4CCNCC4)n3)ccc21. The van der Waals surface area contributed by atoms with Crippen LogP contribution < -0.4 is 9.80 Å². The lowest BCUT2D eigenvalue weighted by Crippen LogP contribution is -2.44. The summed E-state index contributed by atoms with van der Waals surface area (Å²) < 4.78 is 1.01. The fraction of sp³-hybridized carbons (Fsp3) is 0.526. The Balaban J connectivity index is 1.62. The van der Waals surface area contributed by atoms with Gasteiger partial charge in [-0.25, -0.2) is 4.98 Å². The Kier molecular flexibility index (Phi) is 4.00. The van der Waals surface area contributed by atoms with E-state index < -0.39 is 0 Å². The minimum Gasteiger partial charge on any atom is -0.317 e. The zero-order valence-corrected chi connectivity index (χ0v) is 15.0. The maximum atomic E-state index is 4.98. The first-order valence-electron chi connectivity index (χ1n) is 8.76. The Morgan fingerprint density at radius 2 is 2.04 bits per heavy atom. The first kappa shape index (κ1) is 15.3. The maximum Gasteiger partial charge on any atom is 0.135 e. The van der Waals surface area contributed by atoms with Gasteiger partial charge in [0.25, 0.3) is 0 Å². The third-order valence-corrected chi connectivity index (χ3v) is 6.41. The van der Waals surface area contributed by atoms with Crippen molar-refractivity contribution in [3.05, 3.63) is 34.2 Å². The highest BCUT2D eigenvalue weighted by molar-refractivity contribution is 7.10. The van der Waals surface area contributed by atoms with Crippen molar-refractivity contribution in [3.63, 3.8) is 0 Å². The van der Waals surface area contributed by atoms with Gasteiger partial charge in [0.1, 0.15) is 5.69 Å². The Bertz CT molecular complexity index is 698. The second-order valence-electron chi connectivity index (χ2n) is 7.45. The standard InChI is InChI=1S/C19H26N3S/c1-22(2)11-3-4-16-12-15(5-6-18(16)22)17-13-23-19(21-17)14-7-9-20-10-8-14/h5-6,12-14,20H,3-4,7-11H2,1-2H3/q+1. The molecule has 0 unspecified atom stereocenters. The second kappa shape index (κ2) is 6.00. The minimum absolute atomic E-state index is 0.656. The first-order valence-corrected chi connectivity index (χ1v) is 9.64. The molecule has 4 heteroatoms. The van der Waals surface area contributed by atoms with Crippen LogP contribution in [0.15, 0.2) is 23.6 Å². The van der Waals surface area contributed by atoms with Crippen LogP contribution in [0.4, 0.5) is 5.69 Å². The van der Waals surface area contributed by atoms with Crippen molar-refractivity contribution in [3.8, 4) is 11.3 Å². The number of hydrogen-bond acceptors (Lipinski definition) is 3.